The summed E-state index contributed by atoms with van der Waals surface area (Å²) in [7, 11) is 1.44. The quantitative estimate of drug-likeness (QED) is 0.780. The summed E-state index contributed by atoms with van der Waals surface area (Å²) in [5.41, 5.74) is -1.01. The van der Waals surface area contributed by atoms with E-state index in [4.69, 9.17) is 0 Å². The van der Waals surface area contributed by atoms with Gasteiger partial charge in [0.05, 0.1) is 0 Å². The summed E-state index contributed by atoms with van der Waals surface area (Å²) in [4.78, 5) is 18.3. The largest absolute Gasteiger partial charge is 0.433 e. The Labute approximate surface area is 113 Å². The summed E-state index contributed by atoms with van der Waals surface area (Å²) in [6.45, 7) is 0.360. The summed E-state index contributed by atoms with van der Waals surface area (Å²) < 4.78 is 38.1. The van der Waals surface area contributed by atoms with Gasteiger partial charge in [-0.05, 0) is 6.42 Å². The van der Waals surface area contributed by atoms with Crippen molar-refractivity contribution >= 4 is 17.7 Å². The number of carbonyl (C=O) groups is 1. The number of anilines is 2. The second-order valence-electron chi connectivity index (χ2n) is 4.39. The lowest BCUT2D eigenvalue weighted by Crippen LogP contribution is -2.42. The van der Waals surface area contributed by atoms with Crippen LogP contribution >= 0.6 is 0 Å². The lowest BCUT2D eigenvalue weighted by Gasteiger charge is -2.24. The molecule has 1 saturated heterocycles. The molecule has 0 aliphatic carbocycles. The van der Waals surface area contributed by atoms with Crippen molar-refractivity contribution in [2.45, 2.75) is 25.1 Å². The number of halogens is 3. The van der Waals surface area contributed by atoms with Gasteiger partial charge >= 0.3 is 6.18 Å². The highest BCUT2D eigenvalue weighted by atomic mass is 19.4. The minimum Gasteiger partial charge on any atom is -0.365 e. The Bertz CT molecular complexity index is 495. The molecular weight excluding hydrogens is 275 g/mol. The summed E-state index contributed by atoms with van der Waals surface area (Å²) in [5, 5.41) is 8.02. The van der Waals surface area contributed by atoms with Gasteiger partial charge in [0.1, 0.15) is 5.82 Å². The van der Waals surface area contributed by atoms with Crippen LogP contribution in [0.25, 0.3) is 0 Å². The second kappa shape index (κ2) is 5.51. The van der Waals surface area contributed by atoms with Gasteiger partial charge in [-0.25, -0.2) is 4.98 Å². The van der Waals surface area contributed by atoms with Crippen LogP contribution in [0, 0.1) is 0 Å². The number of alkyl halides is 3. The molecule has 0 spiro atoms. The van der Waals surface area contributed by atoms with Gasteiger partial charge in [-0.15, -0.1) is 0 Å². The summed E-state index contributed by atoms with van der Waals surface area (Å²) >= 11 is 0. The maximum atomic E-state index is 12.7. The van der Waals surface area contributed by atoms with Gasteiger partial charge in [-0.1, -0.05) is 0 Å². The highest BCUT2D eigenvalue weighted by Crippen LogP contribution is 2.29. The number of rotatable bonds is 3. The normalized spacial score (nSPS) is 19.4. The van der Waals surface area contributed by atoms with Crippen LogP contribution < -0.4 is 16.0 Å². The van der Waals surface area contributed by atoms with Gasteiger partial charge in [0.15, 0.2) is 5.69 Å². The summed E-state index contributed by atoms with van der Waals surface area (Å²) in [6, 6.07) is 0.713. The Morgan fingerprint density at radius 3 is 2.70 bits per heavy atom. The number of nitrogens with zero attached hydrogens (tertiary/aromatic N) is 2. The van der Waals surface area contributed by atoms with Crippen LogP contribution in [0.15, 0.2) is 6.07 Å². The van der Waals surface area contributed by atoms with E-state index in [0.29, 0.717) is 19.4 Å². The minimum atomic E-state index is -4.54. The molecule has 0 saturated carbocycles. The van der Waals surface area contributed by atoms with Crippen molar-refractivity contribution in [2.24, 2.45) is 0 Å². The van der Waals surface area contributed by atoms with Crippen LogP contribution in [0.1, 0.15) is 18.5 Å². The van der Waals surface area contributed by atoms with E-state index in [-0.39, 0.29) is 23.7 Å². The van der Waals surface area contributed by atoms with Crippen LogP contribution in [-0.4, -0.2) is 35.5 Å². The van der Waals surface area contributed by atoms with Crippen LogP contribution in [0.4, 0.5) is 24.9 Å². The standard InChI is InChI=1S/C11H14F3N5O/c1-15-10-18-7(11(12,13)14)4-8(19-10)17-6-2-3-9(20)16-5-6/h4,6H,2-3,5H2,1H3,(H,16,20)(H2,15,17,18,19). The molecule has 3 N–H and O–H groups in total. The van der Waals surface area contributed by atoms with E-state index in [1.54, 1.807) is 0 Å². The first kappa shape index (κ1) is 14.4. The molecule has 2 heterocycles. The van der Waals surface area contributed by atoms with Gasteiger partial charge in [0.25, 0.3) is 0 Å². The minimum absolute atomic E-state index is 0.0577. The number of nitrogens with one attached hydrogen (secondary N) is 3. The molecule has 9 heteroatoms. The van der Waals surface area contributed by atoms with Crippen molar-refractivity contribution in [3.63, 3.8) is 0 Å². The third kappa shape index (κ3) is 3.49. The predicted octanol–water partition coefficient (Wildman–Crippen LogP) is 1.23. The van der Waals surface area contributed by atoms with Crippen molar-refractivity contribution in [3.05, 3.63) is 11.8 Å². The van der Waals surface area contributed by atoms with Gasteiger partial charge in [-0.2, -0.15) is 18.2 Å². The molecule has 1 atom stereocenters. The number of amides is 1. The predicted molar refractivity (Wildman–Crippen MR) is 66.2 cm³/mol. The average Bonchev–Trinajstić information content (AvgIpc) is 2.40. The molecular formula is C11H14F3N5O. The highest BCUT2D eigenvalue weighted by Gasteiger charge is 2.34. The molecule has 1 aliphatic heterocycles. The number of carbonyl (C=O) groups excluding carboxylic acids is 1. The summed E-state index contributed by atoms with van der Waals surface area (Å²) in [5.74, 6) is -0.0855. The van der Waals surface area contributed by atoms with Crippen LogP contribution in [0.5, 0.6) is 0 Å². The van der Waals surface area contributed by atoms with Crippen molar-refractivity contribution in [2.75, 3.05) is 24.2 Å². The Morgan fingerprint density at radius 1 is 1.40 bits per heavy atom. The zero-order valence-corrected chi connectivity index (χ0v) is 10.7. The monoisotopic (exact) mass is 289 g/mol. The topological polar surface area (TPSA) is 78.9 Å². The molecule has 1 aromatic heterocycles. The SMILES string of the molecule is CNc1nc(NC2CCC(=O)NC2)cc(C(F)(F)F)n1. The first-order valence-corrected chi connectivity index (χ1v) is 6.06. The first-order chi connectivity index (χ1) is 9.38. The van der Waals surface area contributed by atoms with Gasteiger partial charge in [0, 0.05) is 32.1 Å². The molecule has 1 unspecified atom stereocenters. The molecule has 1 aliphatic rings. The van der Waals surface area contributed by atoms with Crippen molar-refractivity contribution < 1.29 is 18.0 Å². The molecule has 1 amide bonds. The molecule has 20 heavy (non-hydrogen) atoms. The van der Waals surface area contributed by atoms with Crippen molar-refractivity contribution in [1.29, 1.82) is 0 Å². The average molecular weight is 289 g/mol. The van der Waals surface area contributed by atoms with E-state index in [1.165, 1.54) is 7.05 Å². The Kier molecular flexibility index (Phi) is 3.96. The van der Waals surface area contributed by atoms with E-state index in [0.717, 1.165) is 6.07 Å². The van der Waals surface area contributed by atoms with E-state index >= 15 is 0 Å². The molecule has 2 rings (SSSR count). The Hall–Kier alpha value is -2.06. The Morgan fingerprint density at radius 2 is 2.15 bits per heavy atom. The molecule has 0 radical (unpaired) electrons. The van der Waals surface area contributed by atoms with Crippen molar-refractivity contribution in [3.8, 4) is 0 Å². The maximum absolute atomic E-state index is 12.7. The van der Waals surface area contributed by atoms with Crippen LogP contribution in [-0.2, 0) is 11.0 Å². The lowest BCUT2D eigenvalue weighted by atomic mass is 10.1. The van der Waals surface area contributed by atoms with E-state index < -0.39 is 11.9 Å². The molecule has 110 valence electrons. The second-order valence-corrected chi connectivity index (χ2v) is 4.39. The van der Waals surface area contributed by atoms with Crippen LogP contribution in [0.3, 0.4) is 0 Å². The van der Waals surface area contributed by atoms with Gasteiger partial charge in [-0.3, -0.25) is 4.79 Å². The number of hydrogen-bond donors (Lipinski definition) is 3. The van der Waals surface area contributed by atoms with E-state index in [9.17, 15) is 18.0 Å². The molecule has 1 fully saturated rings. The fraction of sp³-hybridized carbons (Fsp3) is 0.545. The summed E-state index contributed by atoms with van der Waals surface area (Å²) in [6.07, 6.45) is -3.65. The van der Waals surface area contributed by atoms with Gasteiger partial charge < -0.3 is 16.0 Å². The highest BCUT2D eigenvalue weighted by molar-refractivity contribution is 5.77. The third-order valence-electron chi connectivity index (χ3n) is 2.86. The van der Waals surface area contributed by atoms with E-state index in [1.807, 2.05) is 0 Å². The maximum Gasteiger partial charge on any atom is 0.433 e. The Balaban J connectivity index is 2.16. The third-order valence-corrected chi connectivity index (χ3v) is 2.86. The first-order valence-electron chi connectivity index (χ1n) is 6.06. The smallest absolute Gasteiger partial charge is 0.365 e. The molecule has 0 aromatic carbocycles. The van der Waals surface area contributed by atoms with Crippen molar-refractivity contribution in [1.82, 2.24) is 15.3 Å². The molecule has 6 nitrogen and oxygen atoms in total. The fourth-order valence-corrected chi connectivity index (χ4v) is 1.84. The van der Waals surface area contributed by atoms with Gasteiger partial charge in [0.2, 0.25) is 11.9 Å². The number of hydrogen-bond acceptors (Lipinski definition) is 5. The fourth-order valence-electron chi connectivity index (χ4n) is 1.84. The number of piperidine rings is 1. The zero-order chi connectivity index (χ0) is 14.8. The van der Waals surface area contributed by atoms with Crippen LogP contribution in [0.2, 0.25) is 0 Å². The zero-order valence-electron chi connectivity index (χ0n) is 10.7. The number of aromatic nitrogens is 2. The lowest BCUT2D eigenvalue weighted by molar-refractivity contribution is -0.141. The molecule has 0 bridgehead atoms. The molecule has 1 aromatic rings. The van der Waals surface area contributed by atoms with E-state index in [2.05, 4.69) is 25.9 Å².